The van der Waals surface area contributed by atoms with Crippen molar-refractivity contribution in [2.45, 2.75) is 38.9 Å². The summed E-state index contributed by atoms with van der Waals surface area (Å²) in [5.74, 6) is 0. The number of nitrogen functional groups attached to an aromatic ring is 1. The molecule has 1 aliphatic heterocycles. The zero-order valence-corrected chi connectivity index (χ0v) is 11.0. The van der Waals surface area contributed by atoms with E-state index in [4.69, 9.17) is 20.3 Å². The summed E-state index contributed by atoms with van der Waals surface area (Å²) in [4.78, 5) is 4.00. The topological polar surface area (TPSA) is 81.2 Å². The van der Waals surface area contributed by atoms with Gasteiger partial charge in [0, 0.05) is 17.3 Å². The molecule has 0 atom stereocenters. The molecule has 1 aromatic rings. The lowest BCUT2D eigenvalue weighted by Gasteiger charge is -2.32. The van der Waals surface area contributed by atoms with Crippen LogP contribution in [0.4, 0.5) is 5.69 Å². The Balaban J connectivity index is 2.33. The van der Waals surface area contributed by atoms with E-state index in [0.717, 1.165) is 0 Å². The zero-order valence-electron chi connectivity index (χ0n) is 11.0. The molecular formula is C12H16BN3O2. The standard InChI is InChI=1S/C12H16BN3O2/c1-11(2)12(3,4)18-13(17-11)9-7-16-8(6-14)5-10(9)15/h5,7H,1-4H3,(H2,15,16). The van der Waals surface area contributed by atoms with Crippen LogP contribution in [-0.2, 0) is 9.31 Å². The van der Waals surface area contributed by atoms with Crippen LogP contribution in [0.3, 0.4) is 0 Å². The first-order chi connectivity index (χ1) is 8.27. The van der Waals surface area contributed by atoms with Crippen molar-refractivity contribution < 1.29 is 9.31 Å². The maximum atomic E-state index is 8.75. The second kappa shape index (κ2) is 3.97. The Morgan fingerprint density at radius 3 is 2.28 bits per heavy atom. The van der Waals surface area contributed by atoms with Gasteiger partial charge in [-0.05, 0) is 33.8 Å². The Kier molecular flexibility index (Phi) is 2.84. The van der Waals surface area contributed by atoms with Gasteiger partial charge in [0.1, 0.15) is 11.8 Å². The molecule has 0 radical (unpaired) electrons. The lowest BCUT2D eigenvalue weighted by molar-refractivity contribution is 0.00578. The van der Waals surface area contributed by atoms with Crippen LogP contribution in [0.15, 0.2) is 12.3 Å². The monoisotopic (exact) mass is 245 g/mol. The summed E-state index contributed by atoms with van der Waals surface area (Å²) < 4.78 is 11.8. The van der Waals surface area contributed by atoms with Gasteiger partial charge in [0.2, 0.25) is 0 Å². The molecule has 0 bridgehead atoms. The minimum Gasteiger partial charge on any atom is -0.399 e. The first-order valence-electron chi connectivity index (χ1n) is 5.78. The second-order valence-electron chi connectivity index (χ2n) is 5.40. The van der Waals surface area contributed by atoms with Crippen LogP contribution in [0.5, 0.6) is 0 Å². The van der Waals surface area contributed by atoms with E-state index in [1.807, 2.05) is 33.8 Å². The maximum absolute atomic E-state index is 8.75. The summed E-state index contributed by atoms with van der Waals surface area (Å²) in [6.45, 7) is 7.89. The van der Waals surface area contributed by atoms with Gasteiger partial charge < -0.3 is 15.0 Å². The van der Waals surface area contributed by atoms with Crippen molar-refractivity contribution in [1.82, 2.24) is 4.98 Å². The molecule has 5 nitrogen and oxygen atoms in total. The fraction of sp³-hybridized carbons (Fsp3) is 0.500. The van der Waals surface area contributed by atoms with Gasteiger partial charge in [-0.2, -0.15) is 5.26 Å². The van der Waals surface area contributed by atoms with Gasteiger partial charge in [-0.15, -0.1) is 0 Å². The Labute approximate surface area is 107 Å². The van der Waals surface area contributed by atoms with E-state index in [9.17, 15) is 0 Å². The van der Waals surface area contributed by atoms with Crippen LogP contribution in [0.1, 0.15) is 33.4 Å². The number of pyridine rings is 1. The highest BCUT2D eigenvalue weighted by Crippen LogP contribution is 2.36. The van der Waals surface area contributed by atoms with Crippen molar-refractivity contribution in [2.24, 2.45) is 0 Å². The summed E-state index contributed by atoms with van der Waals surface area (Å²) in [6.07, 6.45) is 1.54. The van der Waals surface area contributed by atoms with Crippen molar-refractivity contribution in [3.05, 3.63) is 18.0 Å². The number of rotatable bonds is 1. The normalized spacial score (nSPS) is 20.7. The van der Waals surface area contributed by atoms with Crippen LogP contribution in [-0.4, -0.2) is 23.3 Å². The van der Waals surface area contributed by atoms with Gasteiger partial charge in [-0.3, -0.25) is 0 Å². The molecule has 2 heterocycles. The lowest BCUT2D eigenvalue weighted by Crippen LogP contribution is -2.41. The van der Waals surface area contributed by atoms with E-state index < -0.39 is 18.3 Å². The van der Waals surface area contributed by atoms with Crippen LogP contribution in [0.25, 0.3) is 0 Å². The first-order valence-corrected chi connectivity index (χ1v) is 5.78. The SMILES string of the molecule is CC1(C)OB(c2cnc(C#N)cc2N)OC1(C)C. The average Bonchev–Trinajstić information content (AvgIpc) is 2.47. The predicted molar refractivity (Wildman–Crippen MR) is 69.1 cm³/mol. The van der Waals surface area contributed by atoms with Crippen LogP contribution in [0.2, 0.25) is 0 Å². The van der Waals surface area contributed by atoms with E-state index in [-0.39, 0.29) is 5.69 Å². The van der Waals surface area contributed by atoms with Crippen molar-refractivity contribution in [1.29, 1.82) is 5.26 Å². The van der Waals surface area contributed by atoms with Gasteiger partial charge in [0.25, 0.3) is 0 Å². The van der Waals surface area contributed by atoms with E-state index in [1.54, 1.807) is 0 Å². The molecule has 1 fully saturated rings. The van der Waals surface area contributed by atoms with Crippen molar-refractivity contribution >= 4 is 18.3 Å². The number of hydrogen-bond acceptors (Lipinski definition) is 5. The molecule has 0 saturated carbocycles. The van der Waals surface area contributed by atoms with Crippen LogP contribution >= 0.6 is 0 Å². The van der Waals surface area contributed by atoms with Crippen molar-refractivity contribution in [3.63, 3.8) is 0 Å². The highest BCUT2D eigenvalue weighted by Gasteiger charge is 2.52. The predicted octanol–water partition coefficient (Wildman–Crippen LogP) is 0.835. The fourth-order valence-corrected chi connectivity index (χ4v) is 1.71. The molecule has 0 amide bonds. The van der Waals surface area contributed by atoms with E-state index in [1.165, 1.54) is 12.3 Å². The molecule has 2 N–H and O–H groups in total. The highest BCUT2D eigenvalue weighted by molar-refractivity contribution is 6.63. The zero-order chi connectivity index (χ0) is 13.6. The molecule has 0 aliphatic carbocycles. The second-order valence-corrected chi connectivity index (χ2v) is 5.40. The van der Waals surface area contributed by atoms with E-state index in [0.29, 0.717) is 11.2 Å². The molecule has 0 unspecified atom stereocenters. The maximum Gasteiger partial charge on any atom is 0.498 e. The number of nitriles is 1. The molecule has 18 heavy (non-hydrogen) atoms. The number of nitrogens with two attached hydrogens (primary N) is 1. The van der Waals surface area contributed by atoms with Gasteiger partial charge in [-0.25, -0.2) is 4.98 Å². The third kappa shape index (κ3) is 1.96. The third-order valence-electron chi connectivity index (χ3n) is 3.59. The molecule has 2 rings (SSSR count). The van der Waals surface area contributed by atoms with Gasteiger partial charge in [-0.1, -0.05) is 0 Å². The lowest BCUT2D eigenvalue weighted by atomic mass is 9.79. The summed E-state index contributed by atoms with van der Waals surface area (Å²) >= 11 is 0. The Morgan fingerprint density at radius 2 is 1.83 bits per heavy atom. The molecular weight excluding hydrogens is 229 g/mol. The number of anilines is 1. The largest absolute Gasteiger partial charge is 0.498 e. The van der Waals surface area contributed by atoms with E-state index in [2.05, 4.69) is 4.98 Å². The van der Waals surface area contributed by atoms with Crippen molar-refractivity contribution in [2.75, 3.05) is 5.73 Å². The first kappa shape index (κ1) is 12.9. The fourth-order valence-electron chi connectivity index (χ4n) is 1.71. The summed E-state index contributed by atoms with van der Waals surface area (Å²) in [5.41, 5.74) is 6.47. The van der Waals surface area contributed by atoms with Gasteiger partial charge in [0.15, 0.2) is 0 Å². The minimum atomic E-state index is -0.546. The van der Waals surface area contributed by atoms with E-state index >= 15 is 0 Å². The molecule has 0 spiro atoms. The highest BCUT2D eigenvalue weighted by atomic mass is 16.7. The number of hydrogen-bond donors (Lipinski definition) is 1. The number of aromatic nitrogens is 1. The summed E-state index contributed by atoms with van der Waals surface area (Å²) in [5, 5.41) is 8.75. The molecule has 6 heteroatoms. The minimum absolute atomic E-state index is 0.285. The Hall–Kier alpha value is -1.58. The van der Waals surface area contributed by atoms with Crippen LogP contribution < -0.4 is 11.2 Å². The molecule has 1 aliphatic rings. The summed E-state index contributed by atoms with van der Waals surface area (Å²) in [6, 6.07) is 3.47. The number of nitrogens with zero attached hydrogens (tertiary/aromatic N) is 2. The third-order valence-corrected chi connectivity index (χ3v) is 3.59. The quantitative estimate of drug-likeness (QED) is 0.741. The van der Waals surface area contributed by atoms with Gasteiger partial charge >= 0.3 is 7.12 Å². The Bertz CT molecular complexity index is 507. The molecule has 0 aromatic carbocycles. The Morgan fingerprint density at radius 1 is 1.28 bits per heavy atom. The molecule has 1 aromatic heterocycles. The molecule has 1 saturated heterocycles. The molecule has 94 valence electrons. The van der Waals surface area contributed by atoms with Crippen LogP contribution in [0, 0.1) is 11.3 Å². The average molecular weight is 245 g/mol. The summed E-state index contributed by atoms with van der Waals surface area (Å²) in [7, 11) is -0.546. The van der Waals surface area contributed by atoms with Crippen molar-refractivity contribution in [3.8, 4) is 6.07 Å². The van der Waals surface area contributed by atoms with Gasteiger partial charge in [0.05, 0.1) is 11.2 Å². The smallest absolute Gasteiger partial charge is 0.399 e.